The maximum Gasteiger partial charge on any atom is 0.0610 e. The molecule has 2 fully saturated rings. The molecule has 3 nitrogen and oxygen atoms in total. The van der Waals surface area contributed by atoms with Gasteiger partial charge in [-0.15, -0.1) is 0 Å². The number of hydrogen-bond donors (Lipinski definition) is 2. The third-order valence-corrected chi connectivity index (χ3v) is 5.33. The largest absolute Gasteiger partial charge is 0.394 e. The molecule has 0 spiro atoms. The fourth-order valence-electron chi connectivity index (χ4n) is 3.50. The standard InChI is InChI=1S/C17H34N2O/c1-14-5-9-16(10-6-14)19(3)12-4-11-17(2,13-20)18-15-7-8-15/h14-16,18,20H,4-13H2,1-3H3. The van der Waals surface area contributed by atoms with E-state index in [2.05, 4.69) is 31.1 Å². The van der Waals surface area contributed by atoms with Crippen molar-refractivity contribution < 1.29 is 5.11 Å². The molecule has 0 saturated heterocycles. The maximum atomic E-state index is 9.63. The molecule has 3 heteroatoms. The molecular weight excluding hydrogens is 248 g/mol. The SMILES string of the molecule is CC1CCC(N(C)CCCC(C)(CO)NC2CC2)CC1. The lowest BCUT2D eigenvalue weighted by Crippen LogP contribution is -2.47. The third kappa shape index (κ3) is 5.01. The van der Waals surface area contributed by atoms with E-state index in [1.54, 1.807) is 0 Å². The van der Waals surface area contributed by atoms with Crippen LogP contribution in [0, 0.1) is 5.92 Å². The number of nitrogens with one attached hydrogen (secondary N) is 1. The molecule has 2 saturated carbocycles. The van der Waals surface area contributed by atoms with E-state index in [1.165, 1.54) is 51.5 Å². The Morgan fingerprint density at radius 1 is 1.15 bits per heavy atom. The van der Waals surface area contributed by atoms with E-state index in [9.17, 15) is 5.11 Å². The first-order chi connectivity index (χ1) is 9.52. The number of aliphatic hydroxyl groups excluding tert-OH is 1. The molecule has 0 aromatic rings. The van der Waals surface area contributed by atoms with Crippen molar-refractivity contribution in [3.05, 3.63) is 0 Å². The predicted molar refractivity (Wildman–Crippen MR) is 84.9 cm³/mol. The van der Waals surface area contributed by atoms with Gasteiger partial charge in [-0.25, -0.2) is 0 Å². The Kier molecular flexibility index (Phi) is 5.88. The topological polar surface area (TPSA) is 35.5 Å². The van der Waals surface area contributed by atoms with Crippen LogP contribution in [-0.4, -0.2) is 47.8 Å². The molecule has 2 aliphatic rings. The highest BCUT2D eigenvalue weighted by atomic mass is 16.3. The zero-order valence-corrected chi connectivity index (χ0v) is 13.7. The number of rotatable bonds is 8. The Morgan fingerprint density at radius 3 is 2.35 bits per heavy atom. The van der Waals surface area contributed by atoms with E-state index < -0.39 is 0 Å². The van der Waals surface area contributed by atoms with Gasteiger partial charge in [0.1, 0.15) is 0 Å². The van der Waals surface area contributed by atoms with Gasteiger partial charge in [0.15, 0.2) is 0 Å². The lowest BCUT2D eigenvalue weighted by Gasteiger charge is -2.35. The van der Waals surface area contributed by atoms with Gasteiger partial charge in [0, 0.05) is 17.6 Å². The van der Waals surface area contributed by atoms with Crippen molar-refractivity contribution in [1.29, 1.82) is 0 Å². The van der Waals surface area contributed by atoms with Crippen LogP contribution >= 0.6 is 0 Å². The molecule has 20 heavy (non-hydrogen) atoms. The molecule has 0 aromatic heterocycles. The van der Waals surface area contributed by atoms with Gasteiger partial charge in [-0.2, -0.15) is 0 Å². The van der Waals surface area contributed by atoms with Crippen LogP contribution in [0.15, 0.2) is 0 Å². The Balaban J connectivity index is 1.65. The van der Waals surface area contributed by atoms with Gasteiger partial charge in [-0.05, 0) is 77.8 Å². The minimum atomic E-state index is -0.0664. The van der Waals surface area contributed by atoms with E-state index in [0.717, 1.165) is 18.4 Å². The van der Waals surface area contributed by atoms with E-state index in [0.29, 0.717) is 6.04 Å². The second-order valence-corrected chi connectivity index (χ2v) is 7.64. The number of aliphatic hydroxyl groups is 1. The summed E-state index contributed by atoms with van der Waals surface area (Å²) in [5.74, 6) is 0.931. The molecule has 0 heterocycles. The van der Waals surface area contributed by atoms with E-state index in [-0.39, 0.29) is 12.1 Å². The van der Waals surface area contributed by atoms with Crippen LogP contribution in [0.3, 0.4) is 0 Å². The normalized spacial score (nSPS) is 30.4. The molecule has 0 aliphatic heterocycles. The van der Waals surface area contributed by atoms with Gasteiger partial charge < -0.3 is 15.3 Å². The average Bonchev–Trinajstić information content (AvgIpc) is 3.23. The van der Waals surface area contributed by atoms with Gasteiger partial charge >= 0.3 is 0 Å². The third-order valence-electron chi connectivity index (χ3n) is 5.33. The highest BCUT2D eigenvalue weighted by Crippen LogP contribution is 2.27. The first-order valence-electron chi connectivity index (χ1n) is 8.61. The van der Waals surface area contributed by atoms with E-state index in [4.69, 9.17) is 0 Å². The van der Waals surface area contributed by atoms with Crippen molar-refractivity contribution in [3.63, 3.8) is 0 Å². The Hall–Kier alpha value is -0.120. The average molecular weight is 282 g/mol. The molecule has 2 N–H and O–H groups in total. The summed E-state index contributed by atoms with van der Waals surface area (Å²) in [6.07, 6.45) is 10.4. The van der Waals surface area contributed by atoms with Crippen LogP contribution < -0.4 is 5.32 Å². The summed E-state index contributed by atoms with van der Waals surface area (Å²) >= 11 is 0. The zero-order valence-electron chi connectivity index (χ0n) is 13.7. The second kappa shape index (κ2) is 7.24. The van der Waals surface area contributed by atoms with Gasteiger partial charge in [-0.3, -0.25) is 0 Å². The molecule has 2 aliphatic carbocycles. The summed E-state index contributed by atoms with van der Waals surface area (Å²) in [7, 11) is 2.28. The van der Waals surface area contributed by atoms with Crippen molar-refractivity contribution in [2.24, 2.45) is 5.92 Å². The van der Waals surface area contributed by atoms with Crippen molar-refractivity contribution in [2.45, 2.75) is 82.8 Å². The van der Waals surface area contributed by atoms with Crippen molar-refractivity contribution in [1.82, 2.24) is 10.2 Å². The quantitative estimate of drug-likeness (QED) is 0.718. The van der Waals surface area contributed by atoms with Gasteiger partial charge in [0.25, 0.3) is 0 Å². The zero-order chi connectivity index (χ0) is 14.6. The van der Waals surface area contributed by atoms with Crippen molar-refractivity contribution >= 4 is 0 Å². The van der Waals surface area contributed by atoms with E-state index in [1.807, 2.05) is 0 Å². The van der Waals surface area contributed by atoms with E-state index >= 15 is 0 Å². The van der Waals surface area contributed by atoms with Crippen molar-refractivity contribution in [2.75, 3.05) is 20.2 Å². The fraction of sp³-hybridized carbons (Fsp3) is 1.00. The van der Waals surface area contributed by atoms with Crippen LogP contribution in [0.4, 0.5) is 0 Å². The monoisotopic (exact) mass is 282 g/mol. The van der Waals surface area contributed by atoms with Crippen LogP contribution in [0.2, 0.25) is 0 Å². The molecule has 1 unspecified atom stereocenters. The Morgan fingerprint density at radius 2 is 1.80 bits per heavy atom. The summed E-state index contributed by atoms with van der Waals surface area (Å²) in [5, 5.41) is 13.2. The molecule has 118 valence electrons. The lowest BCUT2D eigenvalue weighted by molar-refractivity contribution is 0.139. The molecular formula is C17H34N2O. The lowest BCUT2D eigenvalue weighted by atomic mass is 9.86. The fourth-order valence-corrected chi connectivity index (χ4v) is 3.50. The highest BCUT2D eigenvalue weighted by Gasteiger charge is 2.31. The van der Waals surface area contributed by atoms with Gasteiger partial charge in [-0.1, -0.05) is 6.92 Å². The summed E-state index contributed by atoms with van der Waals surface area (Å²) < 4.78 is 0. The summed E-state index contributed by atoms with van der Waals surface area (Å²) in [4.78, 5) is 2.56. The molecule has 0 amide bonds. The first-order valence-corrected chi connectivity index (χ1v) is 8.61. The summed E-state index contributed by atoms with van der Waals surface area (Å²) in [6.45, 7) is 5.98. The number of nitrogens with zero attached hydrogens (tertiary/aromatic N) is 1. The van der Waals surface area contributed by atoms with Gasteiger partial charge in [0.05, 0.1) is 6.61 Å². The number of hydrogen-bond acceptors (Lipinski definition) is 3. The van der Waals surface area contributed by atoms with Crippen LogP contribution in [-0.2, 0) is 0 Å². The second-order valence-electron chi connectivity index (χ2n) is 7.64. The molecule has 1 atom stereocenters. The summed E-state index contributed by atoms with van der Waals surface area (Å²) in [6, 6.07) is 1.47. The molecule has 2 rings (SSSR count). The summed E-state index contributed by atoms with van der Waals surface area (Å²) in [5.41, 5.74) is -0.0664. The van der Waals surface area contributed by atoms with Crippen LogP contribution in [0.1, 0.15) is 65.2 Å². The van der Waals surface area contributed by atoms with Crippen molar-refractivity contribution in [3.8, 4) is 0 Å². The highest BCUT2D eigenvalue weighted by molar-refractivity contribution is 4.92. The smallest absolute Gasteiger partial charge is 0.0610 e. The molecule has 0 bridgehead atoms. The predicted octanol–water partition coefficient (Wildman–Crippen LogP) is 2.78. The Bertz CT molecular complexity index is 285. The Labute approximate surface area is 125 Å². The molecule has 0 radical (unpaired) electrons. The minimum Gasteiger partial charge on any atom is -0.394 e. The first kappa shape index (κ1) is 16.3. The maximum absolute atomic E-state index is 9.63. The molecule has 0 aromatic carbocycles. The minimum absolute atomic E-state index is 0.0664. The van der Waals surface area contributed by atoms with Crippen LogP contribution in [0.25, 0.3) is 0 Å². The van der Waals surface area contributed by atoms with Crippen LogP contribution in [0.5, 0.6) is 0 Å². The van der Waals surface area contributed by atoms with Gasteiger partial charge in [0.2, 0.25) is 0 Å².